The predicted molar refractivity (Wildman–Crippen MR) is 74.5 cm³/mol. The van der Waals surface area contributed by atoms with Crippen LogP contribution in [-0.4, -0.2) is 35.8 Å². The summed E-state index contributed by atoms with van der Waals surface area (Å²) >= 11 is 0. The van der Waals surface area contributed by atoms with Crippen LogP contribution in [0.5, 0.6) is 0 Å². The van der Waals surface area contributed by atoms with Gasteiger partial charge in [-0.05, 0) is 38.5 Å². The number of carbonyl (C=O) groups is 2. The van der Waals surface area contributed by atoms with Gasteiger partial charge in [-0.2, -0.15) is 0 Å². The molecule has 1 aliphatic heterocycles. The first-order valence-electron chi connectivity index (χ1n) is 7.74. The monoisotopic (exact) mass is 266 g/mol. The largest absolute Gasteiger partial charge is 0.353 e. The quantitative estimate of drug-likeness (QED) is 0.826. The lowest BCUT2D eigenvalue weighted by Gasteiger charge is -2.33. The molecule has 1 heterocycles. The Bertz CT molecular complexity index is 327. The summed E-state index contributed by atoms with van der Waals surface area (Å²) in [5.41, 5.74) is 0. The van der Waals surface area contributed by atoms with Crippen LogP contribution < -0.4 is 5.32 Å². The Balaban J connectivity index is 1.73. The highest BCUT2D eigenvalue weighted by molar-refractivity contribution is 5.81. The third-order valence-corrected chi connectivity index (χ3v) is 4.44. The summed E-state index contributed by atoms with van der Waals surface area (Å²) in [5.74, 6) is 0.989. The molecule has 4 heteroatoms. The van der Waals surface area contributed by atoms with E-state index in [4.69, 9.17) is 0 Å². The molecule has 0 atom stereocenters. The van der Waals surface area contributed by atoms with E-state index in [1.165, 1.54) is 0 Å². The first-order valence-corrected chi connectivity index (χ1v) is 7.74. The highest BCUT2D eigenvalue weighted by Gasteiger charge is 2.35. The van der Waals surface area contributed by atoms with E-state index < -0.39 is 0 Å². The number of piperidine rings is 1. The molecule has 0 unspecified atom stereocenters. The summed E-state index contributed by atoms with van der Waals surface area (Å²) < 4.78 is 0. The van der Waals surface area contributed by atoms with Crippen LogP contribution in [0.2, 0.25) is 0 Å². The molecule has 0 aromatic rings. The molecule has 4 nitrogen and oxygen atoms in total. The molecular formula is C15H26N2O2. The average Bonchev–Trinajstić information content (AvgIpc) is 3.24. The summed E-state index contributed by atoms with van der Waals surface area (Å²) in [6, 6.07) is 0.261. The third-order valence-electron chi connectivity index (χ3n) is 4.44. The highest BCUT2D eigenvalue weighted by atomic mass is 16.2. The lowest BCUT2D eigenvalue weighted by atomic mass is 9.99. The van der Waals surface area contributed by atoms with Crippen molar-refractivity contribution in [3.8, 4) is 0 Å². The Labute approximate surface area is 115 Å². The molecule has 1 N–H and O–H groups in total. The van der Waals surface area contributed by atoms with Crippen LogP contribution in [0.4, 0.5) is 0 Å². The van der Waals surface area contributed by atoms with E-state index in [2.05, 4.69) is 19.2 Å². The maximum absolute atomic E-state index is 12.0. The van der Waals surface area contributed by atoms with Crippen LogP contribution in [0.15, 0.2) is 0 Å². The predicted octanol–water partition coefficient (Wildman–Crippen LogP) is 1.94. The minimum Gasteiger partial charge on any atom is -0.353 e. The van der Waals surface area contributed by atoms with E-state index >= 15 is 0 Å². The van der Waals surface area contributed by atoms with Crippen molar-refractivity contribution in [3.63, 3.8) is 0 Å². The molecule has 19 heavy (non-hydrogen) atoms. The van der Waals surface area contributed by atoms with E-state index in [-0.39, 0.29) is 17.9 Å². The molecule has 2 amide bonds. The van der Waals surface area contributed by atoms with Gasteiger partial charge < -0.3 is 10.2 Å². The minimum atomic E-state index is 0.145. The summed E-state index contributed by atoms with van der Waals surface area (Å²) in [6.07, 6.45) is 5.77. The number of amides is 2. The van der Waals surface area contributed by atoms with E-state index in [1.54, 1.807) is 0 Å². The van der Waals surface area contributed by atoms with Gasteiger partial charge in [-0.1, -0.05) is 13.8 Å². The van der Waals surface area contributed by atoms with Crippen LogP contribution in [0.3, 0.4) is 0 Å². The van der Waals surface area contributed by atoms with Crippen molar-refractivity contribution >= 4 is 11.8 Å². The number of rotatable bonds is 5. The summed E-state index contributed by atoms with van der Waals surface area (Å²) in [6.45, 7) is 5.74. The second-order valence-corrected chi connectivity index (χ2v) is 5.90. The molecule has 1 saturated heterocycles. The lowest BCUT2D eigenvalue weighted by molar-refractivity contribution is -0.133. The lowest BCUT2D eigenvalue weighted by Crippen LogP contribution is -2.48. The van der Waals surface area contributed by atoms with Crippen molar-refractivity contribution in [2.75, 3.05) is 13.1 Å². The number of hydrogen-bond donors (Lipinski definition) is 1. The van der Waals surface area contributed by atoms with Crippen LogP contribution >= 0.6 is 0 Å². The SMILES string of the molecule is CCC(CC)C(=O)NC1CCN(C(=O)C2CC2)CC1. The second kappa shape index (κ2) is 6.40. The third kappa shape index (κ3) is 3.71. The molecule has 0 bridgehead atoms. The number of nitrogens with zero attached hydrogens (tertiary/aromatic N) is 1. The van der Waals surface area contributed by atoms with Crippen LogP contribution in [0, 0.1) is 11.8 Å². The standard InChI is InChI=1S/C15H26N2O2/c1-3-11(4-2)14(18)16-13-7-9-17(10-8-13)15(19)12-5-6-12/h11-13H,3-10H2,1-2H3,(H,16,18). The molecule has 2 fully saturated rings. The van der Waals surface area contributed by atoms with Crippen LogP contribution in [0.1, 0.15) is 52.4 Å². The van der Waals surface area contributed by atoms with Gasteiger partial charge in [0.2, 0.25) is 11.8 Å². The number of likely N-dealkylation sites (tertiary alicyclic amines) is 1. The fourth-order valence-corrected chi connectivity index (χ4v) is 2.81. The Kier molecular flexibility index (Phi) is 4.83. The van der Waals surface area contributed by atoms with Crippen molar-refractivity contribution < 1.29 is 9.59 Å². The van der Waals surface area contributed by atoms with Gasteiger partial charge >= 0.3 is 0 Å². The van der Waals surface area contributed by atoms with E-state index in [0.29, 0.717) is 11.8 Å². The summed E-state index contributed by atoms with van der Waals surface area (Å²) in [5, 5.41) is 3.15. The van der Waals surface area contributed by atoms with Crippen molar-refractivity contribution in [2.24, 2.45) is 11.8 Å². The Hall–Kier alpha value is -1.06. The number of nitrogens with one attached hydrogen (secondary N) is 1. The van der Waals surface area contributed by atoms with Gasteiger partial charge in [0.1, 0.15) is 0 Å². The van der Waals surface area contributed by atoms with Gasteiger partial charge in [0.15, 0.2) is 0 Å². The highest BCUT2D eigenvalue weighted by Crippen LogP contribution is 2.31. The van der Waals surface area contributed by atoms with Crippen molar-refractivity contribution in [2.45, 2.75) is 58.4 Å². The Morgan fingerprint density at radius 1 is 1.11 bits per heavy atom. The van der Waals surface area contributed by atoms with Gasteiger partial charge in [0.25, 0.3) is 0 Å². The van der Waals surface area contributed by atoms with Crippen molar-refractivity contribution in [3.05, 3.63) is 0 Å². The maximum Gasteiger partial charge on any atom is 0.225 e. The van der Waals surface area contributed by atoms with E-state index in [0.717, 1.165) is 51.6 Å². The summed E-state index contributed by atoms with van der Waals surface area (Å²) in [7, 11) is 0. The van der Waals surface area contributed by atoms with Gasteiger partial charge in [0.05, 0.1) is 0 Å². The zero-order valence-electron chi connectivity index (χ0n) is 12.2. The molecule has 0 spiro atoms. The molecule has 1 aliphatic carbocycles. The fraction of sp³-hybridized carbons (Fsp3) is 0.867. The first kappa shape index (κ1) is 14.4. The van der Waals surface area contributed by atoms with Crippen LogP contribution in [-0.2, 0) is 9.59 Å². The molecule has 2 aliphatic rings. The zero-order chi connectivity index (χ0) is 13.8. The molecule has 2 rings (SSSR count). The van der Waals surface area contributed by atoms with Crippen LogP contribution in [0.25, 0.3) is 0 Å². The second-order valence-electron chi connectivity index (χ2n) is 5.90. The number of hydrogen-bond acceptors (Lipinski definition) is 2. The molecule has 0 radical (unpaired) electrons. The van der Waals surface area contributed by atoms with E-state index in [1.807, 2.05) is 4.90 Å². The smallest absolute Gasteiger partial charge is 0.225 e. The molecule has 1 saturated carbocycles. The van der Waals surface area contributed by atoms with E-state index in [9.17, 15) is 9.59 Å². The Morgan fingerprint density at radius 3 is 2.16 bits per heavy atom. The number of carbonyl (C=O) groups excluding carboxylic acids is 2. The maximum atomic E-state index is 12.0. The molecule has 108 valence electrons. The average molecular weight is 266 g/mol. The Morgan fingerprint density at radius 2 is 1.68 bits per heavy atom. The van der Waals surface area contributed by atoms with Gasteiger partial charge in [-0.25, -0.2) is 0 Å². The zero-order valence-corrected chi connectivity index (χ0v) is 12.2. The minimum absolute atomic E-state index is 0.145. The van der Waals surface area contributed by atoms with Crippen molar-refractivity contribution in [1.82, 2.24) is 10.2 Å². The fourth-order valence-electron chi connectivity index (χ4n) is 2.81. The topological polar surface area (TPSA) is 49.4 Å². The normalized spacial score (nSPS) is 20.7. The van der Waals surface area contributed by atoms with Gasteiger partial charge in [-0.15, -0.1) is 0 Å². The summed E-state index contributed by atoms with van der Waals surface area (Å²) in [4.78, 5) is 25.9. The van der Waals surface area contributed by atoms with Gasteiger partial charge in [-0.3, -0.25) is 9.59 Å². The van der Waals surface area contributed by atoms with Gasteiger partial charge in [0, 0.05) is 31.0 Å². The molecular weight excluding hydrogens is 240 g/mol. The van der Waals surface area contributed by atoms with Crippen molar-refractivity contribution in [1.29, 1.82) is 0 Å². The first-order chi connectivity index (χ1) is 9.15. The molecule has 0 aromatic heterocycles. The molecule has 0 aromatic carbocycles.